The highest BCUT2D eigenvalue weighted by atomic mass is 16.5. The molecule has 134 valence electrons. The Labute approximate surface area is 135 Å². The summed E-state index contributed by atoms with van der Waals surface area (Å²) in [5, 5.41) is 20.6. The third kappa shape index (κ3) is 12.3. The lowest BCUT2D eigenvalue weighted by Crippen LogP contribution is -2.53. The van der Waals surface area contributed by atoms with E-state index >= 15 is 0 Å². The maximum absolute atomic E-state index is 8.76. The number of aliphatic hydroxyl groups excluding tert-OH is 2. The molecule has 0 aliphatic heterocycles. The zero-order valence-corrected chi connectivity index (χ0v) is 14.6. The molecule has 22 heavy (non-hydrogen) atoms. The van der Waals surface area contributed by atoms with Gasteiger partial charge in [0.25, 0.3) is 0 Å². The predicted molar refractivity (Wildman–Crippen MR) is 88.0 cm³/mol. The molecule has 0 saturated heterocycles. The van der Waals surface area contributed by atoms with Crippen LogP contribution in [0.25, 0.3) is 0 Å². The summed E-state index contributed by atoms with van der Waals surface area (Å²) in [5.74, 6) is 0. The average molecular weight is 322 g/mol. The van der Waals surface area contributed by atoms with Gasteiger partial charge in [0.1, 0.15) is 6.54 Å². The molecule has 0 spiro atoms. The monoisotopic (exact) mass is 322 g/mol. The Hall–Kier alpha value is -0.280. The first-order chi connectivity index (χ1) is 10.6. The van der Waals surface area contributed by atoms with Crippen molar-refractivity contribution >= 4 is 0 Å². The first-order valence-electron chi connectivity index (χ1n) is 8.12. The van der Waals surface area contributed by atoms with Crippen LogP contribution >= 0.6 is 0 Å². The van der Waals surface area contributed by atoms with Gasteiger partial charge in [-0.05, 0) is 14.1 Å². The quantitative estimate of drug-likeness (QED) is 0.240. The fraction of sp³-hybridized carbons (Fsp3) is 1.00. The fourth-order valence-corrected chi connectivity index (χ4v) is 2.08. The summed E-state index contributed by atoms with van der Waals surface area (Å²) in [6.45, 7) is 8.16. The van der Waals surface area contributed by atoms with Crippen LogP contribution in [0.15, 0.2) is 0 Å². The van der Waals surface area contributed by atoms with E-state index in [2.05, 4.69) is 24.3 Å². The van der Waals surface area contributed by atoms with E-state index in [9.17, 15) is 0 Å². The molecule has 1 atom stereocenters. The number of nitrogens with zero attached hydrogens (tertiary/aromatic N) is 2. The highest BCUT2D eigenvalue weighted by molar-refractivity contribution is 4.52. The van der Waals surface area contributed by atoms with E-state index in [1.807, 2.05) is 7.05 Å². The third-order valence-corrected chi connectivity index (χ3v) is 3.79. The summed E-state index contributed by atoms with van der Waals surface area (Å²) >= 11 is 0. The van der Waals surface area contributed by atoms with Crippen molar-refractivity contribution in [2.45, 2.75) is 0 Å². The van der Waals surface area contributed by atoms with E-state index in [-0.39, 0.29) is 13.2 Å². The molecule has 0 bridgehead atoms. The van der Waals surface area contributed by atoms with Crippen molar-refractivity contribution in [2.75, 3.05) is 100 Å². The van der Waals surface area contributed by atoms with Crippen molar-refractivity contribution in [3.8, 4) is 0 Å². The Morgan fingerprint density at radius 3 is 2.14 bits per heavy atom. The number of likely N-dealkylation sites (N-methyl/N-ethyl adjacent to an activating group) is 3. The van der Waals surface area contributed by atoms with E-state index in [0.717, 1.165) is 43.8 Å². The second-order valence-corrected chi connectivity index (χ2v) is 5.87. The van der Waals surface area contributed by atoms with Crippen LogP contribution in [0, 0.1) is 0 Å². The van der Waals surface area contributed by atoms with E-state index in [0.29, 0.717) is 26.4 Å². The minimum atomic E-state index is 0.0799. The Kier molecular flexibility index (Phi) is 14.1. The van der Waals surface area contributed by atoms with Crippen LogP contribution in [0.2, 0.25) is 0 Å². The van der Waals surface area contributed by atoms with Gasteiger partial charge in [-0.3, -0.25) is 4.90 Å². The Morgan fingerprint density at radius 2 is 1.55 bits per heavy atom. The standard InChI is InChI=1S/C15H36N3O4/c1-16-4-7-18(3,9-13-22-15-11-20)8-5-17(2)6-12-21-14-10-19/h16,19-20H,4-15H2,1-3H3/q+1. The number of nitrogens with one attached hydrogen (secondary N) is 1. The summed E-state index contributed by atoms with van der Waals surface area (Å²) in [5.41, 5.74) is 0. The molecule has 0 aromatic rings. The molecule has 0 aromatic carbocycles. The number of hydrogen-bond donors (Lipinski definition) is 3. The summed E-state index contributed by atoms with van der Waals surface area (Å²) < 4.78 is 11.6. The highest BCUT2D eigenvalue weighted by Crippen LogP contribution is 2.02. The van der Waals surface area contributed by atoms with Gasteiger partial charge in [-0.2, -0.15) is 0 Å². The normalized spacial score (nSPS) is 14.5. The molecule has 0 amide bonds. The van der Waals surface area contributed by atoms with Crippen LogP contribution in [0.1, 0.15) is 0 Å². The number of quaternary nitrogens is 1. The van der Waals surface area contributed by atoms with Crippen LogP contribution in [0.3, 0.4) is 0 Å². The Bertz CT molecular complexity index is 247. The van der Waals surface area contributed by atoms with Gasteiger partial charge in [0.2, 0.25) is 0 Å². The SMILES string of the molecule is CNCC[N+](C)(CCOCCO)CCN(C)CCOCCO. The molecular weight excluding hydrogens is 286 g/mol. The van der Waals surface area contributed by atoms with Gasteiger partial charge in [-0.15, -0.1) is 0 Å². The maximum atomic E-state index is 8.76. The van der Waals surface area contributed by atoms with Gasteiger partial charge in [0.15, 0.2) is 0 Å². The fourth-order valence-electron chi connectivity index (χ4n) is 2.08. The van der Waals surface area contributed by atoms with Gasteiger partial charge in [-0.1, -0.05) is 0 Å². The molecule has 1 unspecified atom stereocenters. The summed E-state index contributed by atoms with van der Waals surface area (Å²) in [4.78, 5) is 2.25. The highest BCUT2D eigenvalue weighted by Gasteiger charge is 2.21. The molecule has 0 aromatic heterocycles. The second-order valence-electron chi connectivity index (χ2n) is 5.87. The largest absolute Gasteiger partial charge is 0.394 e. The van der Waals surface area contributed by atoms with Crippen LogP contribution in [-0.4, -0.2) is 120 Å². The topological polar surface area (TPSA) is 74.2 Å². The van der Waals surface area contributed by atoms with Gasteiger partial charge in [0.05, 0.1) is 59.8 Å². The lowest BCUT2D eigenvalue weighted by molar-refractivity contribution is -0.908. The van der Waals surface area contributed by atoms with Gasteiger partial charge >= 0.3 is 0 Å². The molecule has 3 N–H and O–H groups in total. The minimum absolute atomic E-state index is 0.0799. The number of aliphatic hydroxyl groups is 2. The molecular formula is C15H36N3O4+. The van der Waals surface area contributed by atoms with Crippen molar-refractivity contribution in [3.63, 3.8) is 0 Å². The molecule has 7 nitrogen and oxygen atoms in total. The molecule has 0 radical (unpaired) electrons. The zero-order chi connectivity index (χ0) is 16.7. The van der Waals surface area contributed by atoms with E-state index < -0.39 is 0 Å². The maximum Gasteiger partial charge on any atom is 0.102 e. The van der Waals surface area contributed by atoms with Crippen molar-refractivity contribution in [1.29, 1.82) is 0 Å². The van der Waals surface area contributed by atoms with E-state index in [1.54, 1.807) is 0 Å². The molecule has 0 heterocycles. The summed E-state index contributed by atoms with van der Waals surface area (Å²) in [6, 6.07) is 0. The number of ether oxygens (including phenoxy) is 2. The summed E-state index contributed by atoms with van der Waals surface area (Å²) in [7, 11) is 6.31. The third-order valence-electron chi connectivity index (χ3n) is 3.79. The van der Waals surface area contributed by atoms with Gasteiger partial charge < -0.3 is 29.5 Å². The van der Waals surface area contributed by atoms with Crippen molar-refractivity contribution in [1.82, 2.24) is 10.2 Å². The van der Waals surface area contributed by atoms with E-state index in [4.69, 9.17) is 19.7 Å². The number of rotatable bonds is 16. The smallest absolute Gasteiger partial charge is 0.102 e. The molecule has 0 aliphatic carbocycles. The second kappa shape index (κ2) is 14.3. The molecule has 7 heteroatoms. The first kappa shape index (κ1) is 21.7. The first-order valence-corrected chi connectivity index (χ1v) is 8.12. The van der Waals surface area contributed by atoms with E-state index in [1.165, 1.54) is 0 Å². The van der Waals surface area contributed by atoms with Gasteiger partial charge in [0, 0.05) is 19.6 Å². The molecule has 0 saturated carbocycles. The molecule has 0 aliphatic rings. The lowest BCUT2D eigenvalue weighted by Gasteiger charge is -2.36. The predicted octanol–water partition coefficient (Wildman–Crippen LogP) is -1.40. The molecule has 0 rings (SSSR count). The average Bonchev–Trinajstić information content (AvgIpc) is 2.52. The Balaban J connectivity index is 4.04. The molecule has 0 fully saturated rings. The van der Waals surface area contributed by atoms with Crippen LogP contribution in [0.5, 0.6) is 0 Å². The van der Waals surface area contributed by atoms with Crippen molar-refractivity contribution in [3.05, 3.63) is 0 Å². The van der Waals surface area contributed by atoms with Crippen molar-refractivity contribution in [2.24, 2.45) is 0 Å². The van der Waals surface area contributed by atoms with Crippen LogP contribution < -0.4 is 5.32 Å². The van der Waals surface area contributed by atoms with Crippen LogP contribution in [-0.2, 0) is 9.47 Å². The summed E-state index contributed by atoms with van der Waals surface area (Å²) in [6.07, 6.45) is 0. The minimum Gasteiger partial charge on any atom is -0.394 e. The van der Waals surface area contributed by atoms with Gasteiger partial charge in [-0.25, -0.2) is 0 Å². The van der Waals surface area contributed by atoms with Crippen molar-refractivity contribution < 1.29 is 24.2 Å². The number of hydrogen-bond acceptors (Lipinski definition) is 6. The lowest BCUT2D eigenvalue weighted by atomic mass is 10.3. The van der Waals surface area contributed by atoms with Crippen LogP contribution in [0.4, 0.5) is 0 Å². The Morgan fingerprint density at radius 1 is 0.909 bits per heavy atom. The zero-order valence-electron chi connectivity index (χ0n) is 14.6.